The normalized spacial score (nSPS) is 16.4. The molecular weight excluding hydrogens is 152 g/mol. The number of carbonyl (C=O) groups is 2. The molecule has 11 heavy (non-hydrogen) atoms. The Morgan fingerprint density at radius 1 is 1.27 bits per heavy atom. The highest BCUT2D eigenvalue weighted by Crippen LogP contribution is 2.05. The summed E-state index contributed by atoms with van der Waals surface area (Å²) < 4.78 is 0. The number of nitrogens with one attached hydrogen (secondary N) is 2. The van der Waals surface area contributed by atoms with Crippen molar-refractivity contribution >= 4 is 11.9 Å². The highest BCUT2D eigenvalue weighted by molar-refractivity contribution is 5.99. The van der Waals surface area contributed by atoms with Crippen molar-refractivity contribution in [3.05, 3.63) is 11.3 Å². The monoisotopic (exact) mass is 158 g/mol. The van der Waals surface area contributed by atoms with E-state index in [1.807, 2.05) is 0 Å². The SMILES string of the molecule is O=C(O)C1=C(C(=O)O)NNC1. The maximum atomic E-state index is 10.3. The molecule has 0 saturated heterocycles. The second-order valence-electron chi connectivity index (χ2n) is 1.94. The predicted molar refractivity (Wildman–Crippen MR) is 33.4 cm³/mol. The molecule has 1 rings (SSSR count). The fraction of sp³-hybridized carbons (Fsp3) is 0.200. The van der Waals surface area contributed by atoms with Crippen LogP contribution in [0.3, 0.4) is 0 Å². The highest BCUT2D eigenvalue weighted by atomic mass is 16.4. The number of carboxylic acid groups (broad SMARTS) is 2. The van der Waals surface area contributed by atoms with Gasteiger partial charge in [-0.15, -0.1) is 0 Å². The summed E-state index contributed by atoms with van der Waals surface area (Å²) in [5.74, 6) is -2.49. The van der Waals surface area contributed by atoms with Gasteiger partial charge in [0.25, 0.3) is 0 Å². The minimum atomic E-state index is -1.27. The van der Waals surface area contributed by atoms with E-state index in [1.165, 1.54) is 0 Å². The van der Waals surface area contributed by atoms with Crippen molar-refractivity contribution in [2.45, 2.75) is 0 Å². The predicted octanol–water partition coefficient (Wildman–Crippen LogP) is -1.48. The lowest BCUT2D eigenvalue weighted by Gasteiger charge is -1.95. The van der Waals surface area contributed by atoms with Gasteiger partial charge in [0, 0.05) is 6.54 Å². The number of hydrogen-bond donors (Lipinski definition) is 4. The Morgan fingerprint density at radius 3 is 2.27 bits per heavy atom. The molecule has 0 radical (unpaired) electrons. The molecule has 1 heterocycles. The first-order valence-corrected chi connectivity index (χ1v) is 2.81. The lowest BCUT2D eigenvalue weighted by atomic mass is 10.2. The maximum Gasteiger partial charge on any atom is 0.353 e. The molecule has 0 fully saturated rings. The van der Waals surface area contributed by atoms with Crippen LogP contribution in [0, 0.1) is 0 Å². The van der Waals surface area contributed by atoms with Crippen LogP contribution in [-0.2, 0) is 9.59 Å². The first-order chi connectivity index (χ1) is 5.13. The first-order valence-electron chi connectivity index (χ1n) is 2.81. The maximum absolute atomic E-state index is 10.3. The van der Waals surface area contributed by atoms with E-state index in [-0.39, 0.29) is 17.8 Å². The topological polar surface area (TPSA) is 98.7 Å². The summed E-state index contributed by atoms with van der Waals surface area (Å²) in [4.78, 5) is 20.6. The molecular formula is C5H6N2O4. The molecule has 6 nitrogen and oxygen atoms in total. The van der Waals surface area contributed by atoms with E-state index in [9.17, 15) is 9.59 Å². The summed E-state index contributed by atoms with van der Waals surface area (Å²) in [5, 5.41) is 16.8. The second-order valence-corrected chi connectivity index (χ2v) is 1.94. The van der Waals surface area contributed by atoms with Crippen molar-refractivity contribution in [1.29, 1.82) is 0 Å². The van der Waals surface area contributed by atoms with Gasteiger partial charge in [-0.25, -0.2) is 15.0 Å². The Labute approximate surface area is 61.5 Å². The largest absolute Gasteiger partial charge is 0.478 e. The van der Waals surface area contributed by atoms with E-state index >= 15 is 0 Å². The van der Waals surface area contributed by atoms with Gasteiger partial charge < -0.3 is 15.6 Å². The molecule has 4 N–H and O–H groups in total. The molecule has 0 aromatic heterocycles. The van der Waals surface area contributed by atoms with Crippen LogP contribution in [0.2, 0.25) is 0 Å². The van der Waals surface area contributed by atoms with Crippen LogP contribution in [0.5, 0.6) is 0 Å². The number of aliphatic carboxylic acids is 2. The Bertz CT molecular complexity index is 221. The van der Waals surface area contributed by atoms with Crippen LogP contribution < -0.4 is 10.9 Å². The van der Waals surface area contributed by atoms with Gasteiger partial charge in [-0.3, -0.25) is 0 Å². The molecule has 0 unspecified atom stereocenters. The molecule has 0 bridgehead atoms. The van der Waals surface area contributed by atoms with E-state index in [0.29, 0.717) is 0 Å². The van der Waals surface area contributed by atoms with Crippen molar-refractivity contribution in [3.8, 4) is 0 Å². The molecule has 1 aliphatic heterocycles. The van der Waals surface area contributed by atoms with E-state index in [1.54, 1.807) is 0 Å². The van der Waals surface area contributed by atoms with Gasteiger partial charge in [-0.1, -0.05) is 0 Å². The quantitative estimate of drug-likeness (QED) is 0.391. The minimum Gasteiger partial charge on any atom is -0.478 e. The van der Waals surface area contributed by atoms with Crippen molar-refractivity contribution < 1.29 is 19.8 Å². The zero-order chi connectivity index (χ0) is 8.43. The number of rotatable bonds is 2. The lowest BCUT2D eigenvalue weighted by Crippen LogP contribution is -2.26. The van der Waals surface area contributed by atoms with Crippen molar-refractivity contribution in [2.24, 2.45) is 0 Å². The zero-order valence-corrected chi connectivity index (χ0v) is 5.42. The number of carboxylic acids is 2. The smallest absolute Gasteiger partial charge is 0.353 e. The third kappa shape index (κ3) is 1.30. The van der Waals surface area contributed by atoms with E-state index < -0.39 is 11.9 Å². The molecule has 1 aliphatic rings. The van der Waals surface area contributed by atoms with Gasteiger partial charge >= 0.3 is 11.9 Å². The van der Waals surface area contributed by atoms with Crippen LogP contribution in [0.4, 0.5) is 0 Å². The fourth-order valence-corrected chi connectivity index (χ4v) is 0.750. The highest BCUT2D eigenvalue weighted by Gasteiger charge is 2.24. The van der Waals surface area contributed by atoms with Crippen LogP contribution in [0.15, 0.2) is 11.3 Å². The van der Waals surface area contributed by atoms with Gasteiger partial charge in [-0.05, 0) is 0 Å². The standard InChI is InChI=1S/C5H6N2O4/c8-4(9)2-1-6-7-3(2)5(10)11/h6-7H,1H2,(H,8,9)(H,10,11). The fourth-order valence-electron chi connectivity index (χ4n) is 0.750. The van der Waals surface area contributed by atoms with Gasteiger partial charge in [0.05, 0.1) is 5.57 Å². The molecule has 6 heteroatoms. The zero-order valence-electron chi connectivity index (χ0n) is 5.42. The summed E-state index contributed by atoms with van der Waals surface area (Å²) in [6.07, 6.45) is 0. The minimum absolute atomic E-state index is 0.0248. The van der Waals surface area contributed by atoms with Gasteiger partial charge in [0.15, 0.2) is 0 Å². The van der Waals surface area contributed by atoms with Crippen molar-refractivity contribution in [2.75, 3.05) is 6.54 Å². The molecule has 0 aromatic carbocycles. The molecule has 0 aliphatic carbocycles. The van der Waals surface area contributed by atoms with Crippen LogP contribution in [-0.4, -0.2) is 28.7 Å². The first kappa shape index (κ1) is 7.55. The number of hydrogen-bond acceptors (Lipinski definition) is 4. The Morgan fingerprint density at radius 2 is 1.91 bits per heavy atom. The molecule has 0 saturated carbocycles. The van der Waals surface area contributed by atoms with Crippen molar-refractivity contribution in [3.63, 3.8) is 0 Å². The van der Waals surface area contributed by atoms with E-state index in [4.69, 9.17) is 10.2 Å². The van der Waals surface area contributed by atoms with Crippen LogP contribution in [0.1, 0.15) is 0 Å². The van der Waals surface area contributed by atoms with Crippen LogP contribution in [0.25, 0.3) is 0 Å². The van der Waals surface area contributed by atoms with E-state index in [2.05, 4.69) is 10.9 Å². The molecule has 0 amide bonds. The summed E-state index contributed by atoms with van der Waals surface area (Å²) in [7, 11) is 0. The van der Waals surface area contributed by atoms with Crippen LogP contribution >= 0.6 is 0 Å². The van der Waals surface area contributed by atoms with Gasteiger partial charge in [0.2, 0.25) is 0 Å². The van der Waals surface area contributed by atoms with Gasteiger partial charge in [0.1, 0.15) is 5.70 Å². The Kier molecular flexibility index (Phi) is 1.77. The lowest BCUT2D eigenvalue weighted by molar-refractivity contribution is -0.135. The molecule has 60 valence electrons. The third-order valence-corrected chi connectivity index (χ3v) is 1.25. The molecule has 0 spiro atoms. The summed E-state index contributed by atoms with van der Waals surface area (Å²) in [6, 6.07) is 0. The average molecular weight is 158 g/mol. The molecule has 0 atom stereocenters. The van der Waals surface area contributed by atoms with Crippen molar-refractivity contribution in [1.82, 2.24) is 10.9 Å². The molecule has 0 aromatic rings. The van der Waals surface area contributed by atoms with E-state index in [0.717, 1.165) is 0 Å². The number of hydrazine groups is 1. The Hall–Kier alpha value is -1.56. The second kappa shape index (κ2) is 2.59. The Balaban J connectivity index is 2.95. The summed E-state index contributed by atoms with van der Waals surface area (Å²) >= 11 is 0. The summed E-state index contributed by atoms with van der Waals surface area (Å²) in [5.41, 5.74) is 4.19. The summed E-state index contributed by atoms with van der Waals surface area (Å²) in [6.45, 7) is 0.0248. The third-order valence-electron chi connectivity index (χ3n) is 1.25. The van der Waals surface area contributed by atoms with Gasteiger partial charge in [-0.2, -0.15) is 0 Å². The average Bonchev–Trinajstić information content (AvgIpc) is 2.32.